The monoisotopic (exact) mass is 375 g/mol. The molecule has 0 spiro atoms. The molecule has 1 unspecified atom stereocenters. The minimum atomic E-state index is -0.555. The Hall–Kier alpha value is -3.41. The van der Waals surface area contributed by atoms with Crippen LogP contribution in [0.1, 0.15) is 23.7 Å². The van der Waals surface area contributed by atoms with Gasteiger partial charge in [-0.05, 0) is 44.5 Å². The van der Waals surface area contributed by atoms with Gasteiger partial charge in [0.25, 0.3) is 5.91 Å². The van der Waals surface area contributed by atoms with Crippen LogP contribution in [0.2, 0.25) is 0 Å². The third-order valence-electron chi connectivity index (χ3n) is 4.97. The van der Waals surface area contributed by atoms with Gasteiger partial charge in [-0.3, -0.25) is 14.6 Å². The van der Waals surface area contributed by atoms with E-state index in [4.69, 9.17) is 4.42 Å². The number of carbonyl (C=O) groups excluding carboxylic acids is 2. The van der Waals surface area contributed by atoms with Gasteiger partial charge < -0.3 is 4.42 Å². The van der Waals surface area contributed by atoms with Crippen LogP contribution in [0.25, 0.3) is 11.5 Å². The van der Waals surface area contributed by atoms with Crippen LogP contribution in [-0.2, 0) is 11.3 Å². The van der Waals surface area contributed by atoms with Crippen molar-refractivity contribution in [2.45, 2.75) is 33.4 Å². The van der Waals surface area contributed by atoms with E-state index in [1.165, 1.54) is 16.1 Å². The molecule has 2 heterocycles. The summed E-state index contributed by atoms with van der Waals surface area (Å²) in [6, 6.07) is 14.3. The first-order chi connectivity index (χ1) is 13.5. The lowest BCUT2D eigenvalue weighted by Crippen LogP contribution is -2.33. The number of anilines is 1. The molecule has 6 nitrogen and oxygen atoms in total. The van der Waals surface area contributed by atoms with Crippen LogP contribution in [0.3, 0.4) is 0 Å². The van der Waals surface area contributed by atoms with Gasteiger partial charge in [-0.2, -0.15) is 0 Å². The largest absolute Gasteiger partial charge is 0.444 e. The van der Waals surface area contributed by atoms with Gasteiger partial charge >= 0.3 is 6.03 Å². The van der Waals surface area contributed by atoms with Gasteiger partial charge in [-0.25, -0.2) is 9.78 Å². The zero-order valence-corrected chi connectivity index (χ0v) is 16.0. The number of amides is 3. The topological polar surface area (TPSA) is 66.7 Å². The zero-order chi connectivity index (χ0) is 19.8. The molecule has 2 aromatic carbocycles. The maximum atomic E-state index is 12.9. The Morgan fingerprint density at radius 1 is 1.07 bits per heavy atom. The van der Waals surface area contributed by atoms with Crippen LogP contribution in [0.15, 0.2) is 59.2 Å². The summed E-state index contributed by atoms with van der Waals surface area (Å²) in [6.45, 7) is 5.85. The predicted octanol–water partition coefficient (Wildman–Crippen LogP) is 4.32. The van der Waals surface area contributed by atoms with Gasteiger partial charge in [-0.1, -0.05) is 35.9 Å². The van der Waals surface area contributed by atoms with E-state index < -0.39 is 6.04 Å². The van der Waals surface area contributed by atoms with Crippen LogP contribution in [0.4, 0.5) is 10.5 Å². The summed E-state index contributed by atoms with van der Waals surface area (Å²) in [7, 11) is 0. The van der Waals surface area contributed by atoms with Crippen LogP contribution in [0, 0.1) is 13.8 Å². The number of oxazole rings is 1. The van der Waals surface area contributed by atoms with Crippen molar-refractivity contribution in [3.05, 3.63) is 71.6 Å². The molecule has 3 amide bonds. The van der Waals surface area contributed by atoms with Crippen molar-refractivity contribution >= 4 is 17.6 Å². The number of aromatic nitrogens is 1. The molecule has 3 aromatic rings. The summed E-state index contributed by atoms with van der Waals surface area (Å²) in [4.78, 5) is 32.8. The number of aryl methyl sites for hydroxylation is 2. The maximum absolute atomic E-state index is 12.9. The molecule has 142 valence electrons. The van der Waals surface area contributed by atoms with E-state index >= 15 is 0 Å². The summed E-state index contributed by atoms with van der Waals surface area (Å²) in [5.74, 6) is 0.240. The lowest BCUT2D eigenvalue weighted by atomic mass is 10.1. The van der Waals surface area contributed by atoms with Crippen LogP contribution in [-0.4, -0.2) is 27.9 Å². The maximum Gasteiger partial charge on any atom is 0.332 e. The van der Waals surface area contributed by atoms with E-state index in [0.29, 0.717) is 17.3 Å². The Bertz CT molecular complexity index is 1040. The average molecular weight is 375 g/mol. The fourth-order valence-corrected chi connectivity index (χ4v) is 3.51. The lowest BCUT2D eigenvalue weighted by molar-refractivity contribution is -0.127. The third-order valence-corrected chi connectivity index (χ3v) is 4.97. The number of benzene rings is 2. The molecule has 1 fully saturated rings. The average Bonchev–Trinajstić information content (AvgIpc) is 3.22. The molecule has 28 heavy (non-hydrogen) atoms. The van der Waals surface area contributed by atoms with Crippen molar-refractivity contribution in [3.63, 3.8) is 0 Å². The fraction of sp³-hybridized carbons (Fsp3) is 0.227. The number of nitrogens with zero attached hydrogens (tertiary/aromatic N) is 3. The predicted molar refractivity (Wildman–Crippen MR) is 106 cm³/mol. The molecule has 1 aliphatic rings. The minimum Gasteiger partial charge on any atom is -0.444 e. The quantitative estimate of drug-likeness (QED) is 0.637. The molecular formula is C22H21N3O3. The second kappa shape index (κ2) is 6.96. The van der Waals surface area contributed by atoms with E-state index in [-0.39, 0.29) is 18.5 Å². The molecule has 1 atom stereocenters. The first kappa shape index (κ1) is 18.0. The van der Waals surface area contributed by atoms with Gasteiger partial charge in [0.15, 0.2) is 0 Å². The highest BCUT2D eigenvalue weighted by Crippen LogP contribution is 2.28. The molecule has 1 saturated heterocycles. The Labute approximate surface area is 163 Å². The number of hydrogen-bond donors (Lipinski definition) is 0. The Morgan fingerprint density at radius 2 is 1.82 bits per heavy atom. The summed E-state index contributed by atoms with van der Waals surface area (Å²) in [5.41, 5.74) is 4.36. The summed E-state index contributed by atoms with van der Waals surface area (Å²) in [5, 5.41) is 0. The highest BCUT2D eigenvalue weighted by Gasteiger charge is 2.43. The minimum absolute atomic E-state index is 0.0831. The molecule has 0 bridgehead atoms. The first-order valence-electron chi connectivity index (χ1n) is 9.17. The van der Waals surface area contributed by atoms with Crippen LogP contribution >= 0.6 is 0 Å². The van der Waals surface area contributed by atoms with Crippen molar-refractivity contribution in [3.8, 4) is 11.5 Å². The number of carbonyl (C=O) groups is 2. The highest BCUT2D eigenvalue weighted by molar-refractivity contribution is 6.13. The SMILES string of the molecule is Cc1ccc(-c2nc(CN3C(=O)C(C)N(c4ccccc4)C3=O)co2)c(C)c1. The normalized spacial score (nSPS) is 16.9. The molecular weight excluding hydrogens is 354 g/mol. The smallest absolute Gasteiger partial charge is 0.332 e. The third kappa shape index (κ3) is 3.07. The van der Waals surface area contributed by atoms with Crippen molar-refractivity contribution in [1.82, 2.24) is 9.88 Å². The molecule has 6 heteroatoms. The fourth-order valence-electron chi connectivity index (χ4n) is 3.51. The number of hydrogen-bond acceptors (Lipinski definition) is 4. The number of para-hydroxylation sites is 1. The molecule has 0 N–H and O–H groups in total. The van der Waals surface area contributed by atoms with Crippen molar-refractivity contribution in [2.75, 3.05) is 4.90 Å². The summed E-state index contributed by atoms with van der Waals surface area (Å²) < 4.78 is 5.62. The second-order valence-electron chi connectivity index (χ2n) is 7.05. The zero-order valence-electron chi connectivity index (χ0n) is 16.0. The van der Waals surface area contributed by atoms with Gasteiger partial charge in [0.2, 0.25) is 5.89 Å². The molecule has 0 aliphatic carbocycles. The Morgan fingerprint density at radius 3 is 2.54 bits per heavy atom. The molecule has 0 radical (unpaired) electrons. The van der Waals surface area contributed by atoms with E-state index in [0.717, 1.165) is 16.7 Å². The van der Waals surface area contributed by atoms with E-state index in [2.05, 4.69) is 11.1 Å². The highest BCUT2D eigenvalue weighted by atomic mass is 16.3. The Kier molecular flexibility index (Phi) is 4.47. The first-order valence-corrected chi connectivity index (χ1v) is 9.17. The molecule has 1 aliphatic heterocycles. The Balaban J connectivity index is 1.57. The summed E-state index contributed by atoms with van der Waals surface area (Å²) in [6.07, 6.45) is 1.50. The molecule has 1 aromatic heterocycles. The molecule has 0 saturated carbocycles. The van der Waals surface area contributed by atoms with E-state index in [1.54, 1.807) is 6.92 Å². The summed E-state index contributed by atoms with van der Waals surface area (Å²) >= 11 is 0. The van der Waals surface area contributed by atoms with E-state index in [9.17, 15) is 9.59 Å². The number of imide groups is 1. The lowest BCUT2D eigenvalue weighted by Gasteiger charge is -2.18. The van der Waals surface area contributed by atoms with Crippen LogP contribution < -0.4 is 4.90 Å². The molecule has 4 rings (SSSR count). The number of urea groups is 1. The number of rotatable bonds is 4. The van der Waals surface area contributed by atoms with Crippen molar-refractivity contribution in [2.24, 2.45) is 0 Å². The standard InChI is InChI=1S/C22H21N3O3/c1-14-9-10-19(15(2)11-14)20-23-17(13-28-20)12-24-21(26)16(3)25(22(24)27)18-7-5-4-6-8-18/h4-11,13,16H,12H2,1-3H3. The van der Waals surface area contributed by atoms with Crippen molar-refractivity contribution in [1.29, 1.82) is 0 Å². The van der Waals surface area contributed by atoms with Gasteiger partial charge in [0.1, 0.15) is 12.3 Å². The van der Waals surface area contributed by atoms with Gasteiger partial charge in [0, 0.05) is 11.3 Å². The van der Waals surface area contributed by atoms with E-state index in [1.807, 2.05) is 56.3 Å². The van der Waals surface area contributed by atoms with Crippen molar-refractivity contribution < 1.29 is 14.0 Å². The van der Waals surface area contributed by atoms with Crippen LogP contribution in [0.5, 0.6) is 0 Å². The van der Waals surface area contributed by atoms with Gasteiger partial charge in [0.05, 0.1) is 12.2 Å². The second-order valence-corrected chi connectivity index (χ2v) is 7.05. The van der Waals surface area contributed by atoms with Gasteiger partial charge in [-0.15, -0.1) is 0 Å².